The third-order valence-electron chi connectivity index (χ3n) is 4.97. The number of guanidine groups is 1. The van der Waals surface area contributed by atoms with E-state index in [-0.39, 0.29) is 6.04 Å². The summed E-state index contributed by atoms with van der Waals surface area (Å²) in [6.07, 6.45) is 4.99. The average molecular weight is 387 g/mol. The van der Waals surface area contributed by atoms with E-state index in [1.54, 1.807) is 14.2 Å². The molecule has 1 aromatic heterocycles. The van der Waals surface area contributed by atoms with Crippen LogP contribution in [0.3, 0.4) is 0 Å². The minimum atomic E-state index is 0.227. The second kappa shape index (κ2) is 10.7. The van der Waals surface area contributed by atoms with Crippen LogP contribution in [0.15, 0.2) is 41.7 Å². The lowest BCUT2D eigenvalue weighted by Gasteiger charge is -2.24. The molecule has 2 unspecified atom stereocenters. The number of likely N-dealkylation sites (N-methyl/N-ethyl adjacent to an activating group) is 1. The van der Waals surface area contributed by atoms with Gasteiger partial charge in [0.05, 0.1) is 19.3 Å². The third kappa shape index (κ3) is 6.27. The van der Waals surface area contributed by atoms with Crippen molar-refractivity contribution in [2.24, 2.45) is 12.0 Å². The Balaban J connectivity index is 1.81. The molecule has 7 heteroatoms. The van der Waals surface area contributed by atoms with Gasteiger partial charge in [-0.05, 0) is 44.1 Å². The van der Waals surface area contributed by atoms with Gasteiger partial charge in [0.2, 0.25) is 0 Å². The van der Waals surface area contributed by atoms with Crippen molar-refractivity contribution in [3.8, 4) is 5.75 Å². The lowest BCUT2D eigenvalue weighted by atomic mass is 9.98. The number of hydrogen-bond donors (Lipinski definition) is 2. The van der Waals surface area contributed by atoms with Gasteiger partial charge in [-0.1, -0.05) is 19.1 Å². The summed E-state index contributed by atoms with van der Waals surface area (Å²) in [4.78, 5) is 6.53. The molecule has 0 saturated carbocycles. The SMILES string of the molecule is CN=C(NCCC(C)c1ccc(OC)cc1)NCC(c1cnn(C)c1)N(C)C. The van der Waals surface area contributed by atoms with E-state index in [9.17, 15) is 0 Å². The van der Waals surface area contributed by atoms with Crippen LogP contribution >= 0.6 is 0 Å². The summed E-state index contributed by atoms with van der Waals surface area (Å²) in [5.74, 6) is 2.17. The van der Waals surface area contributed by atoms with E-state index in [1.807, 2.05) is 30.1 Å². The highest BCUT2D eigenvalue weighted by molar-refractivity contribution is 5.79. The minimum absolute atomic E-state index is 0.227. The number of aryl methyl sites for hydroxylation is 1. The monoisotopic (exact) mass is 386 g/mol. The zero-order valence-electron chi connectivity index (χ0n) is 17.9. The van der Waals surface area contributed by atoms with Crippen molar-refractivity contribution in [1.82, 2.24) is 25.3 Å². The normalized spacial score (nSPS) is 14.0. The Hall–Kier alpha value is -2.54. The first-order valence-electron chi connectivity index (χ1n) is 9.68. The molecule has 0 saturated heterocycles. The molecule has 7 nitrogen and oxygen atoms in total. The summed E-state index contributed by atoms with van der Waals surface area (Å²) in [5, 5.41) is 11.1. The highest BCUT2D eigenvalue weighted by Crippen LogP contribution is 2.21. The van der Waals surface area contributed by atoms with E-state index >= 15 is 0 Å². The number of aliphatic imine (C=N–C) groups is 1. The summed E-state index contributed by atoms with van der Waals surface area (Å²) < 4.78 is 7.06. The summed E-state index contributed by atoms with van der Waals surface area (Å²) in [5.41, 5.74) is 2.50. The van der Waals surface area contributed by atoms with E-state index < -0.39 is 0 Å². The average Bonchev–Trinajstić information content (AvgIpc) is 3.12. The number of ether oxygens (including phenoxy) is 1. The fourth-order valence-electron chi connectivity index (χ4n) is 3.13. The maximum absolute atomic E-state index is 5.23. The van der Waals surface area contributed by atoms with Crippen LogP contribution in [0.2, 0.25) is 0 Å². The zero-order valence-corrected chi connectivity index (χ0v) is 17.9. The smallest absolute Gasteiger partial charge is 0.191 e. The highest BCUT2D eigenvalue weighted by atomic mass is 16.5. The largest absolute Gasteiger partial charge is 0.497 e. The quantitative estimate of drug-likeness (QED) is 0.512. The van der Waals surface area contributed by atoms with Crippen molar-refractivity contribution >= 4 is 5.96 Å². The second-order valence-electron chi connectivity index (χ2n) is 7.27. The van der Waals surface area contributed by atoms with Crippen LogP contribution in [0.25, 0.3) is 0 Å². The molecule has 0 radical (unpaired) electrons. The van der Waals surface area contributed by atoms with Gasteiger partial charge in [-0.15, -0.1) is 0 Å². The van der Waals surface area contributed by atoms with Crippen LogP contribution in [0.1, 0.15) is 36.4 Å². The Labute approximate surface area is 168 Å². The predicted molar refractivity (Wildman–Crippen MR) is 115 cm³/mol. The number of nitrogens with zero attached hydrogens (tertiary/aromatic N) is 4. The standard InChI is InChI=1S/C21H34N6O/c1-16(17-7-9-19(28-6)10-8-17)11-12-23-21(22-2)24-14-20(26(3)4)18-13-25-27(5)15-18/h7-10,13,15-16,20H,11-12,14H2,1-6H3,(H2,22,23,24). The van der Waals surface area contributed by atoms with E-state index in [1.165, 1.54) is 11.1 Å². The molecule has 2 N–H and O–H groups in total. The lowest BCUT2D eigenvalue weighted by Crippen LogP contribution is -2.42. The second-order valence-corrected chi connectivity index (χ2v) is 7.27. The van der Waals surface area contributed by atoms with Crippen LogP contribution < -0.4 is 15.4 Å². The molecule has 2 atom stereocenters. The Morgan fingerprint density at radius 1 is 1.21 bits per heavy atom. The zero-order chi connectivity index (χ0) is 20.5. The number of aromatic nitrogens is 2. The predicted octanol–water partition coefficient (Wildman–Crippen LogP) is 2.39. The molecule has 0 aliphatic rings. The molecule has 2 rings (SSSR count). The van der Waals surface area contributed by atoms with Crippen molar-refractivity contribution in [2.75, 3.05) is 41.3 Å². The fourth-order valence-corrected chi connectivity index (χ4v) is 3.13. The Morgan fingerprint density at radius 3 is 2.46 bits per heavy atom. The topological polar surface area (TPSA) is 66.7 Å². The molecule has 154 valence electrons. The van der Waals surface area contributed by atoms with E-state index in [4.69, 9.17) is 4.74 Å². The molecule has 1 aromatic carbocycles. The molecule has 28 heavy (non-hydrogen) atoms. The van der Waals surface area contributed by atoms with E-state index in [2.05, 4.69) is 65.0 Å². The van der Waals surface area contributed by atoms with Gasteiger partial charge in [0.1, 0.15) is 5.75 Å². The summed E-state index contributed by atoms with van der Waals surface area (Å²) in [6.45, 7) is 3.85. The Kier molecular flexibility index (Phi) is 8.32. The van der Waals surface area contributed by atoms with Gasteiger partial charge < -0.3 is 20.3 Å². The molecule has 0 bridgehead atoms. The molecular formula is C21H34N6O. The van der Waals surface area contributed by atoms with Crippen LogP contribution in [0.4, 0.5) is 0 Å². The number of rotatable bonds is 9. The lowest BCUT2D eigenvalue weighted by molar-refractivity contribution is 0.298. The minimum Gasteiger partial charge on any atom is -0.497 e. The van der Waals surface area contributed by atoms with Crippen LogP contribution in [-0.4, -0.2) is 62.0 Å². The van der Waals surface area contributed by atoms with E-state index in [0.29, 0.717) is 5.92 Å². The number of methoxy groups -OCH3 is 1. The molecule has 0 aliphatic heterocycles. The third-order valence-corrected chi connectivity index (χ3v) is 4.97. The van der Waals surface area contributed by atoms with Gasteiger partial charge in [0.15, 0.2) is 5.96 Å². The molecule has 0 spiro atoms. The van der Waals surface area contributed by atoms with Crippen molar-refractivity contribution in [3.05, 3.63) is 47.8 Å². The van der Waals surface area contributed by atoms with Crippen LogP contribution in [0.5, 0.6) is 5.75 Å². The first-order chi connectivity index (χ1) is 13.4. The first kappa shape index (κ1) is 21.8. The fraction of sp³-hybridized carbons (Fsp3) is 0.524. The van der Waals surface area contributed by atoms with E-state index in [0.717, 1.165) is 31.2 Å². The van der Waals surface area contributed by atoms with Gasteiger partial charge in [-0.3, -0.25) is 9.67 Å². The molecule has 0 amide bonds. The molecule has 1 heterocycles. The summed E-state index contributed by atoms with van der Waals surface area (Å²) in [6, 6.07) is 8.52. The first-order valence-corrected chi connectivity index (χ1v) is 9.68. The van der Waals surface area contributed by atoms with Gasteiger partial charge >= 0.3 is 0 Å². The molecule has 0 fully saturated rings. The van der Waals surface area contributed by atoms with Gasteiger partial charge in [0.25, 0.3) is 0 Å². The maximum atomic E-state index is 5.23. The number of hydrogen-bond acceptors (Lipinski definition) is 4. The molecule has 2 aromatic rings. The van der Waals surface area contributed by atoms with Gasteiger partial charge in [0, 0.05) is 38.9 Å². The van der Waals surface area contributed by atoms with Crippen molar-refractivity contribution in [3.63, 3.8) is 0 Å². The molecule has 0 aliphatic carbocycles. The maximum Gasteiger partial charge on any atom is 0.191 e. The highest BCUT2D eigenvalue weighted by Gasteiger charge is 2.16. The van der Waals surface area contributed by atoms with Gasteiger partial charge in [-0.25, -0.2) is 0 Å². The van der Waals surface area contributed by atoms with Crippen LogP contribution in [0, 0.1) is 0 Å². The van der Waals surface area contributed by atoms with Gasteiger partial charge in [-0.2, -0.15) is 5.10 Å². The number of benzene rings is 1. The Bertz CT molecular complexity index is 738. The van der Waals surface area contributed by atoms with Crippen LogP contribution in [-0.2, 0) is 7.05 Å². The van der Waals surface area contributed by atoms with Crippen molar-refractivity contribution < 1.29 is 4.74 Å². The Morgan fingerprint density at radius 2 is 1.93 bits per heavy atom. The summed E-state index contributed by atoms with van der Waals surface area (Å²) >= 11 is 0. The summed E-state index contributed by atoms with van der Waals surface area (Å²) in [7, 11) is 9.58. The van der Waals surface area contributed by atoms with Crippen molar-refractivity contribution in [1.29, 1.82) is 0 Å². The number of nitrogens with one attached hydrogen (secondary N) is 2. The molecular weight excluding hydrogens is 352 g/mol. The van der Waals surface area contributed by atoms with Crippen molar-refractivity contribution in [2.45, 2.75) is 25.3 Å².